The fourth-order valence-electron chi connectivity index (χ4n) is 0.663. The van der Waals surface area contributed by atoms with Crippen molar-refractivity contribution in [2.24, 2.45) is 5.92 Å². The van der Waals surface area contributed by atoms with Gasteiger partial charge in [0.05, 0.1) is 6.42 Å². The van der Waals surface area contributed by atoms with Crippen molar-refractivity contribution in [1.82, 2.24) is 0 Å². The highest BCUT2D eigenvalue weighted by molar-refractivity contribution is 6.05. The summed E-state index contributed by atoms with van der Waals surface area (Å²) in [4.78, 5) is 30.8. The molecule has 0 aromatic carbocycles. The maximum atomic E-state index is 10.4. The summed E-state index contributed by atoms with van der Waals surface area (Å²) in [6, 6.07) is 0. The second-order valence-corrected chi connectivity index (χ2v) is 1.89. The van der Waals surface area contributed by atoms with Crippen LogP contribution in [-0.4, -0.2) is 23.0 Å². The molecule has 0 radical (unpaired) electrons. The number of ether oxygens (including phenoxy) is 1. The van der Waals surface area contributed by atoms with Gasteiger partial charge in [-0.2, -0.15) is 0 Å². The molecule has 0 bridgehead atoms. The van der Waals surface area contributed by atoms with Gasteiger partial charge in [0, 0.05) is 0 Å². The van der Waals surface area contributed by atoms with E-state index in [1.54, 1.807) is 0 Å². The number of hydrogen-bond acceptors (Lipinski definition) is 4. The van der Waals surface area contributed by atoms with E-state index < -0.39 is 23.8 Å². The molecule has 0 spiro atoms. The molecule has 1 aliphatic heterocycles. The number of carbonyl (C=O) groups is 3. The zero-order valence-electron chi connectivity index (χ0n) is 4.86. The van der Waals surface area contributed by atoms with E-state index in [1.165, 1.54) is 0 Å². The van der Waals surface area contributed by atoms with Gasteiger partial charge < -0.3 is 9.84 Å². The normalized spacial score (nSPS) is 24.6. The molecule has 5 nitrogen and oxygen atoms in total. The minimum atomic E-state index is -1.31. The summed E-state index contributed by atoms with van der Waals surface area (Å²) in [5, 5.41) is 8.25. The van der Waals surface area contributed by atoms with E-state index in [-0.39, 0.29) is 6.42 Å². The molecule has 10 heavy (non-hydrogen) atoms. The van der Waals surface area contributed by atoms with Crippen LogP contribution in [0.5, 0.6) is 0 Å². The molecular formula is C5H4O5. The number of carbonyl (C=O) groups excluding carboxylic acids is 2. The summed E-state index contributed by atoms with van der Waals surface area (Å²) in [6.45, 7) is 0. The number of cyclic esters (lactones) is 2. The molecule has 1 rings (SSSR count). The molecule has 0 amide bonds. The lowest BCUT2D eigenvalue weighted by molar-refractivity contribution is -0.155. The average molecular weight is 144 g/mol. The molecule has 54 valence electrons. The Bertz CT molecular complexity index is 206. The molecule has 1 heterocycles. The van der Waals surface area contributed by atoms with E-state index in [4.69, 9.17) is 5.11 Å². The Labute approximate surface area is 55.6 Å². The first-order chi connectivity index (χ1) is 4.61. The number of carboxylic acid groups (broad SMARTS) is 1. The van der Waals surface area contributed by atoms with Gasteiger partial charge in [-0.25, -0.2) is 0 Å². The van der Waals surface area contributed by atoms with E-state index >= 15 is 0 Å². The first-order valence-electron chi connectivity index (χ1n) is 2.58. The van der Waals surface area contributed by atoms with E-state index in [0.717, 1.165) is 0 Å². The van der Waals surface area contributed by atoms with Gasteiger partial charge in [0.1, 0.15) is 0 Å². The molecule has 0 aliphatic carbocycles. The van der Waals surface area contributed by atoms with Crippen molar-refractivity contribution in [2.45, 2.75) is 6.42 Å². The number of hydrogen-bond donors (Lipinski definition) is 1. The van der Waals surface area contributed by atoms with Crippen molar-refractivity contribution in [3.63, 3.8) is 0 Å². The molecule has 1 aliphatic rings. The van der Waals surface area contributed by atoms with Crippen LogP contribution in [-0.2, 0) is 19.1 Å². The van der Waals surface area contributed by atoms with Gasteiger partial charge in [0.2, 0.25) is 0 Å². The lowest BCUT2D eigenvalue weighted by atomic mass is 10.1. The van der Waals surface area contributed by atoms with E-state index in [1.807, 2.05) is 0 Å². The fourth-order valence-corrected chi connectivity index (χ4v) is 0.663. The van der Waals surface area contributed by atoms with Crippen molar-refractivity contribution in [1.29, 1.82) is 0 Å². The molecule has 0 aromatic heterocycles. The van der Waals surface area contributed by atoms with Crippen LogP contribution < -0.4 is 0 Å². The summed E-state index contributed by atoms with van der Waals surface area (Å²) in [5.74, 6) is -4.32. The van der Waals surface area contributed by atoms with E-state index in [9.17, 15) is 14.4 Å². The average Bonchev–Trinajstić information content (AvgIpc) is 2.10. The molecule has 5 heteroatoms. The minimum Gasteiger partial charge on any atom is -0.481 e. The molecule has 1 atom stereocenters. The van der Waals surface area contributed by atoms with Crippen LogP contribution in [0.15, 0.2) is 0 Å². The lowest BCUT2D eigenvalue weighted by Crippen LogP contribution is -2.17. The second kappa shape index (κ2) is 2.09. The molecular weight excluding hydrogens is 140 g/mol. The van der Waals surface area contributed by atoms with Crippen molar-refractivity contribution < 1.29 is 24.2 Å². The number of rotatable bonds is 1. The first kappa shape index (κ1) is 6.73. The highest BCUT2D eigenvalue weighted by Crippen LogP contribution is 2.15. The Morgan fingerprint density at radius 3 is 2.40 bits per heavy atom. The summed E-state index contributed by atoms with van der Waals surface area (Å²) in [5.41, 5.74) is 0. The first-order valence-corrected chi connectivity index (χ1v) is 2.58. The zero-order valence-corrected chi connectivity index (χ0v) is 4.86. The zero-order chi connectivity index (χ0) is 7.72. The van der Waals surface area contributed by atoms with Crippen LogP contribution in [0.4, 0.5) is 0 Å². The number of carboxylic acids is 1. The van der Waals surface area contributed by atoms with Crippen LogP contribution in [0.2, 0.25) is 0 Å². The monoisotopic (exact) mass is 144 g/mol. The van der Waals surface area contributed by atoms with Gasteiger partial charge in [-0.05, 0) is 0 Å². The molecule has 1 N–H and O–H groups in total. The van der Waals surface area contributed by atoms with Gasteiger partial charge >= 0.3 is 17.9 Å². The Hall–Kier alpha value is -1.39. The highest BCUT2D eigenvalue weighted by Gasteiger charge is 2.38. The standard InChI is InChI=1S/C5H4O5/c6-3-1-2(4(7)8)5(9)10-3/h2H,1H2,(H,7,8)/t2-/m1/s1. The van der Waals surface area contributed by atoms with Crippen molar-refractivity contribution in [3.8, 4) is 0 Å². The molecule has 1 saturated heterocycles. The van der Waals surface area contributed by atoms with Gasteiger partial charge in [-0.15, -0.1) is 0 Å². The van der Waals surface area contributed by atoms with Gasteiger partial charge in [0.15, 0.2) is 5.92 Å². The molecule has 1 fully saturated rings. The summed E-state index contributed by atoms with van der Waals surface area (Å²) in [6.07, 6.45) is -0.339. The maximum absolute atomic E-state index is 10.4. The highest BCUT2D eigenvalue weighted by atomic mass is 16.6. The molecule has 0 aromatic rings. The van der Waals surface area contributed by atoms with Crippen molar-refractivity contribution in [2.75, 3.05) is 0 Å². The Morgan fingerprint density at radius 1 is 1.60 bits per heavy atom. The Kier molecular flexibility index (Phi) is 1.41. The number of aliphatic carboxylic acids is 1. The quantitative estimate of drug-likeness (QED) is 0.383. The fraction of sp³-hybridized carbons (Fsp3) is 0.400. The van der Waals surface area contributed by atoms with Gasteiger partial charge in [0.25, 0.3) is 0 Å². The Morgan fingerprint density at radius 2 is 2.20 bits per heavy atom. The van der Waals surface area contributed by atoms with Crippen LogP contribution in [0.25, 0.3) is 0 Å². The van der Waals surface area contributed by atoms with Crippen molar-refractivity contribution in [3.05, 3.63) is 0 Å². The van der Waals surface area contributed by atoms with Crippen LogP contribution in [0, 0.1) is 5.92 Å². The third-order valence-electron chi connectivity index (χ3n) is 1.17. The molecule has 0 unspecified atom stereocenters. The summed E-state index contributed by atoms with van der Waals surface area (Å²) < 4.78 is 3.98. The van der Waals surface area contributed by atoms with Crippen LogP contribution >= 0.6 is 0 Å². The maximum Gasteiger partial charge on any atom is 0.328 e. The topological polar surface area (TPSA) is 80.7 Å². The second-order valence-electron chi connectivity index (χ2n) is 1.89. The molecule has 0 saturated carbocycles. The minimum absolute atomic E-state index is 0.339. The SMILES string of the molecule is O=C1C[C@H](C(=O)O)C(=O)O1. The summed E-state index contributed by atoms with van der Waals surface area (Å²) in [7, 11) is 0. The van der Waals surface area contributed by atoms with E-state index in [2.05, 4.69) is 4.74 Å². The van der Waals surface area contributed by atoms with Crippen LogP contribution in [0.1, 0.15) is 6.42 Å². The third kappa shape index (κ3) is 0.975. The third-order valence-corrected chi connectivity index (χ3v) is 1.17. The number of esters is 2. The summed E-state index contributed by atoms with van der Waals surface area (Å²) >= 11 is 0. The van der Waals surface area contributed by atoms with E-state index in [0.29, 0.717) is 0 Å². The largest absolute Gasteiger partial charge is 0.481 e. The smallest absolute Gasteiger partial charge is 0.328 e. The predicted molar refractivity (Wildman–Crippen MR) is 26.8 cm³/mol. The van der Waals surface area contributed by atoms with Gasteiger partial charge in [-0.3, -0.25) is 14.4 Å². The Balaban J connectivity index is 2.72. The predicted octanol–water partition coefficient (Wildman–Crippen LogP) is -0.839. The lowest BCUT2D eigenvalue weighted by Gasteiger charge is -1.92. The van der Waals surface area contributed by atoms with Crippen LogP contribution in [0.3, 0.4) is 0 Å². The van der Waals surface area contributed by atoms with Gasteiger partial charge in [-0.1, -0.05) is 0 Å². The van der Waals surface area contributed by atoms with Crippen molar-refractivity contribution >= 4 is 17.9 Å².